The van der Waals surface area contributed by atoms with Crippen LogP contribution in [-0.2, 0) is 15.6 Å². The summed E-state index contributed by atoms with van der Waals surface area (Å²) in [6.45, 7) is 1.89. The Balaban J connectivity index is 2.07. The van der Waals surface area contributed by atoms with Crippen molar-refractivity contribution in [1.29, 1.82) is 5.41 Å². The molecule has 5 nitrogen and oxygen atoms in total. The number of thioether (sulfide) groups is 1. The van der Waals surface area contributed by atoms with Crippen molar-refractivity contribution in [2.75, 3.05) is 19.1 Å². The summed E-state index contributed by atoms with van der Waals surface area (Å²) in [4.78, 5) is 14.0. The first-order valence-corrected chi connectivity index (χ1v) is 11.7. The van der Waals surface area contributed by atoms with E-state index in [-0.39, 0.29) is 23.0 Å². The fourth-order valence-corrected chi connectivity index (χ4v) is 5.48. The summed E-state index contributed by atoms with van der Waals surface area (Å²) in [5.41, 5.74) is 1.59. The minimum Gasteiger partial charge on any atom is -0.506 e. The number of rotatable bonds is 8. The largest absolute Gasteiger partial charge is 0.506 e. The van der Waals surface area contributed by atoms with Gasteiger partial charge in [-0.05, 0) is 56.2 Å². The lowest BCUT2D eigenvalue weighted by atomic mass is 9.98. The second-order valence-electron chi connectivity index (χ2n) is 7.26. The molecule has 0 saturated heterocycles. The third-order valence-corrected chi connectivity index (χ3v) is 7.58. The number of nitrogens with one attached hydrogen (secondary N) is 2. The van der Waals surface area contributed by atoms with Gasteiger partial charge in [0.15, 0.2) is 0 Å². The Morgan fingerprint density at radius 2 is 2.00 bits per heavy atom. The first-order chi connectivity index (χ1) is 12.8. The molecule has 27 heavy (non-hydrogen) atoms. The van der Waals surface area contributed by atoms with Gasteiger partial charge in [-0.3, -0.25) is 9.00 Å². The number of aliphatic hydroxyl groups excluding tert-OH is 1. The molecule has 2 saturated carbocycles. The highest BCUT2D eigenvalue weighted by Gasteiger charge is 2.34. The van der Waals surface area contributed by atoms with E-state index in [1.165, 1.54) is 19.9 Å². The van der Waals surface area contributed by atoms with Gasteiger partial charge in [0.2, 0.25) is 0 Å². The molecule has 3 N–H and O–H groups in total. The fraction of sp³-hybridized carbons (Fsp3) is 0.500. The highest BCUT2D eigenvalue weighted by molar-refractivity contribution is 8.00. The van der Waals surface area contributed by atoms with Gasteiger partial charge in [0.25, 0.3) is 5.91 Å². The molecule has 1 amide bonds. The van der Waals surface area contributed by atoms with E-state index in [0.29, 0.717) is 11.5 Å². The highest BCUT2D eigenvalue weighted by Crippen LogP contribution is 2.40. The predicted molar refractivity (Wildman–Crippen MR) is 111 cm³/mol. The quantitative estimate of drug-likeness (QED) is 0.266. The molecule has 0 radical (unpaired) electrons. The van der Waals surface area contributed by atoms with Crippen LogP contribution in [0.25, 0.3) is 5.76 Å². The number of benzene rings is 1. The highest BCUT2D eigenvalue weighted by atomic mass is 32.2. The smallest absolute Gasteiger partial charge is 0.256 e. The molecule has 1 aromatic carbocycles. The zero-order chi connectivity index (χ0) is 19.7. The summed E-state index contributed by atoms with van der Waals surface area (Å²) < 4.78 is 12.2. The average molecular weight is 407 g/mol. The van der Waals surface area contributed by atoms with Crippen molar-refractivity contribution in [3.05, 3.63) is 28.8 Å². The first kappa shape index (κ1) is 20.1. The van der Waals surface area contributed by atoms with Crippen LogP contribution in [0.3, 0.4) is 0 Å². The van der Waals surface area contributed by atoms with Gasteiger partial charge in [-0.1, -0.05) is 0 Å². The van der Waals surface area contributed by atoms with Gasteiger partial charge < -0.3 is 15.8 Å². The zero-order valence-electron chi connectivity index (χ0n) is 15.9. The fourth-order valence-electron chi connectivity index (χ4n) is 3.01. The van der Waals surface area contributed by atoms with Gasteiger partial charge in [-0.15, -0.1) is 11.8 Å². The van der Waals surface area contributed by atoms with Crippen LogP contribution < -0.4 is 5.32 Å². The second-order valence-corrected chi connectivity index (χ2v) is 9.64. The number of amides is 1. The van der Waals surface area contributed by atoms with E-state index in [0.717, 1.165) is 33.9 Å². The monoisotopic (exact) mass is 406 g/mol. The summed E-state index contributed by atoms with van der Waals surface area (Å²) in [6.07, 6.45) is 5.88. The van der Waals surface area contributed by atoms with Crippen LogP contribution in [0.1, 0.15) is 36.8 Å². The standard InChI is InChI=1S/C20H26N2O3S2/c1-11-14(18(23)16(20(24)22-2)17(21)13-6-7-13)8-9-15(27(3)25)19(11)26-10-12-4-5-12/h8-9,12-13,21,23H,4-7,10H2,1-3H3,(H,22,24). The van der Waals surface area contributed by atoms with E-state index in [2.05, 4.69) is 5.32 Å². The molecule has 0 bridgehead atoms. The molecular formula is C20H26N2O3S2. The molecule has 2 fully saturated rings. The summed E-state index contributed by atoms with van der Waals surface area (Å²) in [5, 5.41) is 21.8. The topological polar surface area (TPSA) is 90.2 Å². The van der Waals surface area contributed by atoms with Gasteiger partial charge in [0.05, 0.1) is 21.4 Å². The van der Waals surface area contributed by atoms with Crippen molar-refractivity contribution in [2.45, 2.75) is 42.4 Å². The van der Waals surface area contributed by atoms with E-state index in [1.54, 1.807) is 30.2 Å². The molecule has 146 valence electrons. The lowest BCUT2D eigenvalue weighted by Crippen LogP contribution is -2.27. The van der Waals surface area contributed by atoms with Crippen LogP contribution in [-0.4, -0.2) is 40.0 Å². The van der Waals surface area contributed by atoms with Gasteiger partial charge in [-0.2, -0.15) is 0 Å². The Hall–Kier alpha value is -1.60. The number of carbonyl (C=O) groups excluding carboxylic acids is 1. The Morgan fingerprint density at radius 1 is 1.33 bits per heavy atom. The van der Waals surface area contributed by atoms with Crippen molar-refractivity contribution >= 4 is 39.9 Å². The van der Waals surface area contributed by atoms with E-state index in [4.69, 9.17) is 5.41 Å². The maximum Gasteiger partial charge on any atom is 0.256 e. The van der Waals surface area contributed by atoms with Crippen LogP contribution in [0.2, 0.25) is 0 Å². The molecule has 0 aliphatic heterocycles. The Bertz CT molecular complexity index is 840. The molecule has 3 rings (SSSR count). The SMILES string of the molecule is CNC(=O)C(C(=N)C1CC1)=C(O)c1ccc(S(C)=O)c(SCC2CC2)c1C. The summed E-state index contributed by atoms with van der Waals surface area (Å²) >= 11 is 1.68. The third-order valence-electron chi connectivity index (χ3n) is 5.04. The van der Waals surface area contributed by atoms with Crippen LogP contribution >= 0.6 is 11.8 Å². The lowest BCUT2D eigenvalue weighted by Gasteiger charge is -2.17. The van der Waals surface area contributed by atoms with Gasteiger partial charge in [0, 0.05) is 35.4 Å². The van der Waals surface area contributed by atoms with Crippen LogP contribution in [0.4, 0.5) is 0 Å². The number of aliphatic hydroxyl groups is 1. The molecule has 0 heterocycles. The molecular weight excluding hydrogens is 380 g/mol. The van der Waals surface area contributed by atoms with Crippen molar-refractivity contribution in [2.24, 2.45) is 11.8 Å². The third kappa shape index (κ3) is 4.46. The molecule has 2 aliphatic carbocycles. The number of hydrogen-bond donors (Lipinski definition) is 3. The first-order valence-electron chi connectivity index (χ1n) is 9.19. The molecule has 1 unspecified atom stereocenters. The van der Waals surface area contributed by atoms with Gasteiger partial charge in [0.1, 0.15) is 11.3 Å². The van der Waals surface area contributed by atoms with Crippen molar-refractivity contribution in [3.8, 4) is 0 Å². The summed E-state index contributed by atoms with van der Waals surface area (Å²) in [7, 11) is 0.369. The minimum absolute atomic E-state index is 0.0471. The molecule has 0 spiro atoms. The number of carbonyl (C=O) groups is 1. The van der Waals surface area contributed by atoms with Crippen molar-refractivity contribution in [3.63, 3.8) is 0 Å². The van der Waals surface area contributed by atoms with Gasteiger partial charge >= 0.3 is 0 Å². The normalized spacial score (nSPS) is 18.6. The van der Waals surface area contributed by atoms with Crippen LogP contribution in [0.5, 0.6) is 0 Å². The lowest BCUT2D eigenvalue weighted by molar-refractivity contribution is -0.116. The van der Waals surface area contributed by atoms with E-state index in [1.807, 2.05) is 6.92 Å². The molecule has 2 aliphatic rings. The van der Waals surface area contributed by atoms with Crippen LogP contribution in [0.15, 0.2) is 27.5 Å². The maximum absolute atomic E-state index is 12.4. The summed E-state index contributed by atoms with van der Waals surface area (Å²) in [6, 6.07) is 3.48. The Morgan fingerprint density at radius 3 is 2.52 bits per heavy atom. The van der Waals surface area contributed by atoms with E-state index in [9.17, 15) is 14.1 Å². The molecule has 1 atom stereocenters. The van der Waals surface area contributed by atoms with E-state index < -0.39 is 16.7 Å². The average Bonchev–Trinajstić information content (AvgIpc) is 3.53. The second kappa shape index (κ2) is 8.19. The maximum atomic E-state index is 12.4. The molecule has 1 aromatic rings. The Labute approximate surface area is 167 Å². The number of hydrogen-bond acceptors (Lipinski definition) is 5. The number of likely N-dealkylation sites (N-methyl/N-ethyl adjacent to an activating group) is 1. The minimum atomic E-state index is -1.13. The predicted octanol–water partition coefficient (Wildman–Crippen LogP) is 3.68. The van der Waals surface area contributed by atoms with Crippen molar-refractivity contribution in [1.82, 2.24) is 5.32 Å². The Kier molecular flexibility index (Phi) is 6.11. The van der Waals surface area contributed by atoms with Crippen molar-refractivity contribution < 1.29 is 14.1 Å². The van der Waals surface area contributed by atoms with Crippen LogP contribution in [0, 0.1) is 24.2 Å². The molecule has 0 aromatic heterocycles. The summed E-state index contributed by atoms with van der Waals surface area (Å²) in [5.74, 6) is 1.12. The molecule has 7 heteroatoms. The zero-order valence-corrected chi connectivity index (χ0v) is 17.6. The van der Waals surface area contributed by atoms with Gasteiger partial charge in [-0.25, -0.2) is 0 Å². The van der Waals surface area contributed by atoms with E-state index >= 15 is 0 Å².